The van der Waals surface area contributed by atoms with Crippen molar-refractivity contribution < 1.29 is 23.8 Å². The van der Waals surface area contributed by atoms with E-state index in [4.69, 9.17) is 25.7 Å². The van der Waals surface area contributed by atoms with Crippen molar-refractivity contribution in [1.82, 2.24) is 5.32 Å². The Morgan fingerprint density at radius 1 is 1.21 bits per heavy atom. The molecule has 190 valence electrons. The molecule has 0 bridgehead atoms. The number of carbonyl (C=O) groups excluding carboxylic acids is 2. The highest BCUT2D eigenvalue weighted by molar-refractivity contribution is 5.87. The summed E-state index contributed by atoms with van der Waals surface area (Å²) >= 11 is 0. The molecule has 3 heterocycles. The van der Waals surface area contributed by atoms with E-state index in [0.717, 1.165) is 37.9 Å². The number of rotatable bonds is 9. The summed E-state index contributed by atoms with van der Waals surface area (Å²) in [6.07, 6.45) is 12.7. The van der Waals surface area contributed by atoms with Crippen LogP contribution >= 0.6 is 0 Å². The predicted molar refractivity (Wildman–Crippen MR) is 131 cm³/mol. The average Bonchev–Trinajstić information content (AvgIpc) is 3.49. The minimum atomic E-state index is -0.347. The topological polar surface area (TPSA) is 129 Å². The van der Waals surface area contributed by atoms with Gasteiger partial charge in [-0.25, -0.2) is 0 Å². The third kappa shape index (κ3) is 8.05. The first-order chi connectivity index (χ1) is 16.0. The lowest BCUT2D eigenvalue weighted by Gasteiger charge is -2.39. The largest absolute Gasteiger partial charge is 0.373 e. The van der Waals surface area contributed by atoms with Crippen LogP contribution in [0.4, 0.5) is 0 Å². The molecule has 0 aromatic rings. The Hall–Kier alpha value is -2.00. The van der Waals surface area contributed by atoms with Crippen LogP contribution in [-0.2, 0) is 23.8 Å². The Bertz CT molecular complexity index is 817. The number of primary amides is 1. The minimum Gasteiger partial charge on any atom is -0.373 e. The van der Waals surface area contributed by atoms with E-state index in [1.807, 2.05) is 13.8 Å². The Morgan fingerprint density at radius 3 is 2.59 bits per heavy atom. The third-order valence-electron chi connectivity index (χ3n) is 6.86. The van der Waals surface area contributed by atoms with Gasteiger partial charge in [-0.05, 0) is 39.5 Å². The zero-order chi connectivity index (χ0) is 24.9. The summed E-state index contributed by atoms with van der Waals surface area (Å²) in [6.45, 7) is 8.79. The fourth-order valence-electron chi connectivity index (χ4n) is 4.82. The summed E-state index contributed by atoms with van der Waals surface area (Å²) in [5.41, 5.74) is 12.0. The van der Waals surface area contributed by atoms with Gasteiger partial charge < -0.3 is 31.0 Å². The van der Waals surface area contributed by atoms with Crippen LogP contribution in [0.15, 0.2) is 36.0 Å². The highest BCUT2D eigenvalue weighted by Gasteiger charge is 2.51. The first-order valence-corrected chi connectivity index (χ1v) is 12.4. The minimum absolute atomic E-state index is 0.0183. The smallest absolute Gasteiger partial charge is 0.244 e. The lowest BCUT2D eigenvalue weighted by Crippen LogP contribution is -2.50. The van der Waals surface area contributed by atoms with Gasteiger partial charge in [-0.15, -0.1) is 0 Å². The average molecular weight is 476 g/mol. The first-order valence-electron chi connectivity index (χ1n) is 12.4. The quantitative estimate of drug-likeness (QED) is 0.267. The highest BCUT2D eigenvalue weighted by atomic mass is 16.6. The molecule has 3 saturated heterocycles. The first kappa shape index (κ1) is 26.6. The fraction of sp³-hybridized carbons (Fsp3) is 0.692. The van der Waals surface area contributed by atoms with E-state index in [1.165, 1.54) is 6.08 Å². The monoisotopic (exact) mass is 475 g/mol. The second-order valence-electron chi connectivity index (χ2n) is 10.3. The highest BCUT2D eigenvalue weighted by Crippen LogP contribution is 2.43. The Kier molecular flexibility index (Phi) is 9.09. The summed E-state index contributed by atoms with van der Waals surface area (Å²) < 4.78 is 18.0. The zero-order valence-electron chi connectivity index (χ0n) is 20.9. The summed E-state index contributed by atoms with van der Waals surface area (Å²) in [5.74, 6) is -0.165. The van der Waals surface area contributed by atoms with E-state index in [-0.39, 0.29) is 60.3 Å². The van der Waals surface area contributed by atoms with Crippen molar-refractivity contribution >= 4 is 11.8 Å². The molecule has 34 heavy (non-hydrogen) atoms. The van der Waals surface area contributed by atoms with Gasteiger partial charge in [0, 0.05) is 25.0 Å². The van der Waals surface area contributed by atoms with Crippen molar-refractivity contribution in [3.63, 3.8) is 0 Å². The summed E-state index contributed by atoms with van der Waals surface area (Å²) in [5, 5.41) is 3.04. The molecule has 3 rings (SSSR count). The van der Waals surface area contributed by atoms with E-state index in [0.29, 0.717) is 5.92 Å². The van der Waals surface area contributed by atoms with Crippen LogP contribution in [0.3, 0.4) is 0 Å². The van der Waals surface area contributed by atoms with Gasteiger partial charge in [0.25, 0.3) is 0 Å². The molecule has 5 N–H and O–H groups in total. The lowest BCUT2D eigenvalue weighted by atomic mass is 9.88. The number of amides is 2. The number of ether oxygens (including phenoxy) is 3. The normalized spacial score (nSPS) is 37.3. The van der Waals surface area contributed by atoms with E-state index in [2.05, 4.69) is 37.4 Å². The maximum Gasteiger partial charge on any atom is 0.244 e. The summed E-state index contributed by atoms with van der Waals surface area (Å²) in [6, 6.07) is -0.169. The van der Waals surface area contributed by atoms with E-state index in [1.54, 1.807) is 6.08 Å². The molecule has 1 unspecified atom stereocenters. The number of hydrogen-bond donors (Lipinski definition) is 3. The van der Waals surface area contributed by atoms with Crippen molar-refractivity contribution in [3.8, 4) is 0 Å². The van der Waals surface area contributed by atoms with Crippen molar-refractivity contribution in [1.29, 1.82) is 0 Å². The molecule has 8 atom stereocenters. The van der Waals surface area contributed by atoms with Crippen molar-refractivity contribution in [2.24, 2.45) is 17.4 Å². The molecule has 8 heteroatoms. The van der Waals surface area contributed by atoms with E-state index in [9.17, 15) is 9.59 Å². The van der Waals surface area contributed by atoms with Gasteiger partial charge >= 0.3 is 0 Å². The van der Waals surface area contributed by atoms with E-state index < -0.39 is 0 Å². The van der Waals surface area contributed by atoms with Gasteiger partial charge in [-0.1, -0.05) is 36.8 Å². The number of allylic oxidation sites excluding steroid dienone is 2. The predicted octanol–water partition coefficient (Wildman–Crippen LogP) is 2.27. The van der Waals surface area contributed by atoms with Crippen LogP contribution < -0.4 is 16.8 Å². The van der Waals surface area contributed by atoms with Crippen LogP contribution in [0.5, 0.6) is 0 Å². The van der Waals surface area contributed by atoms with Crippen molar-refractivity contribution in [3.05, 3.63) is 36.0 Å². The molecule has 0 radical (unpaired) electrons. The van der Waals surface area contributed by atoms with Gasteiger partial charge in [0.1, 0.15) is 0 Å². The fourth-order valence-corrected chi connectivity index (χ4v) is 4.82. The molecule has 3 fully saturated rings. The molecule has 0 aliphatic carbocycles. The molecule has 8 nitrogen and oxygen atoms in total. The van der Waals surface area contributed by atoms with Crippen molar-refractivity contribution in [2.75, 3.05) is 6.61 Å². The molecule has 0 aromatic heterocycles. The molecular formula is C26H41N3O5. The number of carbonyl (C=O) groups is 2. The molecule has 2 amide bonds. The molecular weight excluding hydrogens is 434 g/mol. The Morgan fingerprint density at radius 2 is 1.94 bits per heavy atom. The molecule has 3 aliphatic rings. The van der Waals surface area contributed by atoms with Gasteiger partial charge in [0.2, 0.25) is 11.8 Å². The Balaban J connectivity index is 1.49. The van der Waals surface area contributed by atoms with E-state index >= 15 is 0 Å². The zero-order valence-corrected chi connectivity index (χ0v) is 20.9. The summed E-state index contributed by atoms with van der Waals surface area (Å²) in [7, 11) is 0. The second-order valence-corrected chi connectivity index (χ2v) is 10.3. The molecule has 1 spiro atoms. The maximum atomic E-state index is 12.1. The SMILES string of the molecule is CC(/C=C/[C@@H]1C[C@]2(CO2)C[C@@H](CC(N)=O)O1)=C\C[C@@H]1O[C@H](C)[C@H](NC(=O)/C=C\C(C)N)C[C@@H]1C. The lowest BCUT2D eigenvalue weighted by molar-refractivity contribution is -0.125. The standard InChI is InChI=1S/C26H41N3O5/c1-16(5-8-20-13-26(15-32-26)14-21(34-20)12-24(28)30)6-9-23-17(2)11-22(19(4)33-23)29-25(31)10-7-18(3)27/h5-8,10,17-23H,9,11-15,27H2,1-4H3,(H2,28,30)(H,29,31)/b8-5+,10-7-,16-6+/t17-,18?,19+,20+,21+,22+,23-,26+/m0/s1. The van der Waals surface area contributed by atoms with Crippen LogP contribution in [-0.4, -0.2) is 60.5 Å². The Labute approximate surface area is 203 Å². The summed E-state index contributed by atoms with van der Waals surface area (Å²) in [4.78, 5) is 23.4. The molecule has 3 aliphatic heterocycles. The van der Waals surface area contributed by atoms with Gasteiger partial charge in [0.15, 0.2) is 0 Å². The van der Waals surface area contributed by atoms with Gasteiger partial charge in [-0.3, -0.25) is 9.59 Å². The van der Waals surface area contributed by atoms with Crippen LogP contribution in [0.2, 0.25) is 0 Å². The number of epoxide rings is 1. The maximum absolute atomic E-state index is 12.1. The number of nitrogens with one attached hydrogen (secondary N) is 1. The second kappa shape index (κ2) is 11.6. The van der Waals surface area contributed by atoms with Crippen LogP contribution in [0.25, 0.3) is 0 Å². The number of hydrogen-bond acceptors (Lipinski definition) is 6. The van der Waals surface area contributed by atoms with Crippen LogP contribution in [0, 0.1) is 5.92 Å². The van der Waals surface area contributed by atoms with Gasteiger partial charge in [0.05, 0.1) is 49.1 Å². The number of nitrogens with two attached hydrogens (primary N) is 2. The molecule has 0 aromatic carbocycles. The molecule has 0 saturated carbocycles. The van der Waals surface area contributed by atoms with Crippen molar-refractivity contribution in [2.45, 2.75) is 102 Å². The third-order valence-corrected chi connectivity index (χ3v) is 6.86. The van der Waals surface area contributed by atoms with Crippen LogP contribution in [0.1, 0.15) is 59.8 Å². The van der Waals surface area contributed by atoms with Gasteiger partial charge in [-0.2, -0.15) is 0 Å².